The maximum absolute atomic E-state index is 12.0. The lowest BCUT2D eigenvalue weighted by atomic mass is 10.2. The van der Waals surface area contributed by atoms with Crippen molar-refractivity contribution in [2.75, 3.05) is 19.5 Å². The van der Waals surface area contributed by atoms with E-state index < -0.39 is 0 Å². The molecular formula is C18H16Cl2N2O3S. The average Bonchev–Trinajstić information content (AvgIpc) is 2.62. The van der Waals surface area contributed by atoms with Crippen LogP contribution < -0.4 is 20.1 Å². The number of carbonyl (C=O) groups is 1. The van der Waals surface area contributed by atoms with Crippen LogP contribution in [0.1, 0.15) is 5.56 Å². The second-order valence-electron chi connectivity index (χ2n) is 5.02. The molecule has 0 heterocycles. The number of carbonyl (C=O) groups excluding carboxylic acids is 1. The van der Waals surface area contributed by atoms with Gasteiger partial charge in [0.05, 0.1) is 24.9 Å². The summed E-state index contributed by atoms with van der Waals surface area (Å²) >= 11 is 17.0. The van der Waals surface area contributed by atoms with Gasteiger partial charge in [-0.3, -0.25) is 10.1 Å². The highest BCUT2D eigenvalue weighted by Gasteiger charge is 2.06. The molecule has 1 amide bonds. The summed E-state index contributed by atoms with van der Waals surface area (Å²) in [5, 5.41) is 6.40. The quantitative estimate of drug-likeness (QED) is 0.559. The zero-order valence-electron chi connectivity index (χ0n) is 14.0. The number of hydrogen-bond donors (Lipinski definition) is 2. The van der Waals surface area contributed by atoms with Gasteiger partial charge < -0.3 is 14.8 Å². The van der Waals surface area contributed by atoms with Crippen LogP contribution in [0, 0.1) is 0 Å². The summed E-state index contributed by atoms with van der Waals surface area (Å²) in [6.07, 6.45) is 2.99. The minimum Gasteiger partial charge on any atom is -0.493 e. The van der Waals surface area contributed by atoms with Gasteiger partial charge in [-0.05, 0) is 54.2 Å². The van der Waals surface area contributed by atoms with E-state index in [4.69, 9.17) is 44.9 Å². The van der Waals surface area contributed by atoms with Crippen molar-refractivity contribution in [2.24, 2.45) is 0 Å². The maximum Gasteiger partial charge on any atom is 0.250 e. The van der Waals surface area contributed by atoms with E-state index in [0.29, 0.717) is 27.2 Å². The summed E-state index contributed by atoms with van der Waals surface area (Å²) in [4.78, 5) is 12.0. The summed E-state index contributed by atoms with van der Waals surface area (Å²) in [5.74, 6) is 0.798. The maximum atomic E-state index is 12.0. The van der Waals surface area contributed by atoms with Crippen molar-refractivity contribution in [3.05, 3.63) is 58.1 Å². The highest BCUT2D eigenvalue weighted by Crippen LogP contribution is 2.28. The molecule has 2 N–H and O–H groups in total. The standard InChI is InChI=1S/C18H16Cl2N2O3S/c1-24-15-7-3-11(9-16(15)25-2)4-8-17(23)22-18(26)21-14-6-5-12(19)10-13(14)20/h3-10H,1-2H3,(H2,21,22,23,26)/b8-4+. The van der Waals surface area contributed by atoms with Crippen LogP contribution in [0.2, 0.25) is 10.0 Å². The third kappa shape index (κ3) is 5.62. The minimum absolute atomic E-state index is 0.121. The molecule has 0 radical (unpaired) electrons. The van der Waals surface area contributed by atoms with E-state index in [1.54, 1.807) is 56.7 Å². The molecule has 2 rings (SSSR count). The Morgan fingerprint density at radius 1 is 1.08 bits per heavy atom. The molecule has 0 atom stereocenters. The number of amides is 1. The molecule has 0 unspecified atom stereocenters. The van der Waals surface area contributed by atoms with E-state index >= 15 is 0 Å². The molecule has 2 aromatic rings. The van der Waals surface area contributed by atoms with Gasteiger partial charge in [-0.1, -0.05) is 29.3 Å². The number of hydrogen-bond acceptors (Lipinski definition) is 4. The molecule has 0 aromatic heterocycles. The topological polar surface area (TPSA) is 59.6 Å². The van der Waals surface area contributed by atoms with E-state index in [0.717, 1.165) is 5.56 Å². The van der Waals surface area contributed by atoms with Crippen LogP contribution in [0.15, 0.2) is 42.5 Å². The summed E-state index contributed by atoms with van der Waals surface area (Å²) in [5.41, 5.74) is 1.32. The Labute approximate surface area is 166 Å². The Hall–Kier alpha value is -2.28. The Bertz CT molecular complexity index is 856. The molecule has 136 valence electrons. The summed E-state index contributed by atoms with van der Waals surface area (Å²) in [7, 11) is 3.10. The molecule has 0 fully saturated rings. The first-order chi connectivity index (χ1) is 12.4. The first kappa shape index (κ1) is 20.0. The molecule has 0 bridgehead atoms. The molecule has 0 aliphatic rings. The molecule has 0 aliphatic carbocycles. The Balaban J connectivity index is 1.97. The van der Waals surface area contributed by atoms with Gasteiger partial charge in [0.2, 0.25) is 5.91 Å². The molecule has 5 nitrogen and oxygen atoms in total. The minimum atomic E-state index is -0.387. The molecule has 0 aliphatic heterocycles. The van der Waals surface area contributed by atoms with Crippen molar-refractivity contribution >= 4 is 58.2 Å². The fourth-order valence-corrected chi connectivity index (χ4v) is 2.69. The van der Waals surface area contributed by atoms with Crippen LogP contribution >= 0.6 is 35.4 Å². The largest absolute Gasteiger partial charge is 0.493 e. The lowest BCUT2D eigenvalue weighted by molar-refractivity contribution is -0.115. The fourth-order valence-electron chi connectivity index (χ4n) is 2.03. The van der Waals surface area contributed by atoms with E-state index in [9.17, 15) is 4.79 Å². The predicted molar refractivity (Wildman–Crippen MR) is 109 cm³/mol. The number of rotatable bonds is 5. The van der Waals surface area contributed by atoms with Crippen molar-refractivity contribution in [3.63, 3.8) is 0 Å². The van der Waals surface area contributed by atoms with Gasteiger partial charge in [-0.15, -0.1) is 0 Å². The van der Waals surface area contributed by atoms with Crippen LogP contribution in [-0.4, -0.2) is 25.2 Å². The van der Waals surface area contributed by atoms with Crippen LogP contribution in [-0.2, 0) is 4.79 Å². The van der Waals surface area contributed by atoms with E-state index in [1.807, 2.05) is 0 Å². The third-order valence-corrected chi connectivity index (χ3v) is 4.00. The van der Waals surface area contributed by atoms with Crippen molar-refractivity contribution < 1.29 is 14.3 Å². The number of ether oxygens (including phenoxy) is 2. The zero-order chi connectivity index (χ0) is 19.1. The van der Waals surface area contributed by atoms with Gasteiger partial charge in [0.25, 0.3) is 0 Å². The molecule has 26 heavy (non-hydrogen) atoms. The summed E-state index contributed by atoms with van der Waals surface area (Å²) in [6, 6.07) is 10.2. The highest BCUT2D eigenvalue weighted by atomic mass is 35.5. The summed E-state index contributed by atoms with van der Waals surface area (Å²) in [6.45, 7) is 0. The van der Waals surface area contributed by atoms with Crippen LogP contribution in [0.25, 0.3) is 6.08 Å². The van der Waals surface area contributed by atoms with E-state index in [-0.39, 0.29) is 11.0 Å². The molecule has 0 saturated carbocycles. The monoisotopic (exact) mass is 410 g/mol. The SMILES string of the molecule is COc1ccc(/C=C/C(=O)NC(=S)Nc2ccc(Cl)cc2Cl)cc1OC. The number of halogens is 2. The van der Waals surface area contributed by atoms with Crippen molar-refractivity contribution in [3.8, 4) is 11.5 Å². The van der Waals surface area contributed by atoms with Crippen molar-refractivity contribution in [2.45, 2.75) is 0 Å². The second-order valence-corrected chi connectivity index (χ2v) is 6.27. The smallest absolute Gasteiger partial charge is 0.250 e. The van der Waals surface area contributed by atoms with Gasteiger partial charge in [-0.25, -0.2) is 0 Å². The van der Waals surface area contributed by atoms with Crippen molar-refractivity contribution in [1.82, 2.24) is 5.32 Å². The molecular weight excluding hydrogens is 395 g/mol. The van der Waals surface area contributed by atoms with Gasteiger partial charge >= 0.3 is 0 Å². The number of anilines is 1. The summed E-state index contributed by atoms with van der Waals surface area (Å²) < 4.78 is 10.4. The lowest BCUT2D eigenvalue weighted by Crippen LogP contribution is -2.32. The number of benzene rings is 2. The number of nitrogens with one attached hydrogen (secondary N) is 2. The molecule has 2 aromatic carbocycles. The number of methoxy groups -OCH3 is 2. The normalized spacial score (nSPS) is 10.5. The number of thiocarbonyl (C=S) groups is 1. The molecule has 0 saturated heterocycles. The lowest BCUT2D eigenvalue weighted by Gasteiger charge is -2.10. The van der Waals surface area contributed by atoms with E-state index in [1.165, 1.54) is 6.08 Å². The van der Waals surface area contributed by atoms with E-state index in [2.05, 4.69) is 10.6 Å². The first-order valence-electron chi connectivity index (χ1n) is 7.40. The van der Waals surface area contributed by atoms with Crippen LogP contribution in [0.5, 0.6) is 11.5 Å². The van der Waals surface area contributed by atoms with Gasteiger partial charge in [0.15, 0.2) is 16.6 Å². The van der Waals surface area contributed by atoms with Crippen molar-refractivity contribution in [1.29, 1.82) is 0 Å². The Morgan fingerprint density at radius 2 is 1.81 bits per heavy atom. The first-order valence-corrected chi connectivity index (χ1v) is 8.56. The predicted octanol–water partition coefficient (Wildman–Crippen LogP) is 4.54. The second kappa shape index (κ2) is 9.43. The molecule has 8 heteroatoms. The fraction of sp³-hybridized carbons (Fsp3) is 0.111. The average molecular weight is 411 g/mol. The van der Waals surface area contributed by atoms with Crippen LogP contribution in [0.4, 0.5) is 5.69 Å². The van der Waals surface area contributed by atoms with Gasteiger partial charge in [0.1, 0.15) is 0 Å². The molecule has 0 spiro atoms. The third-order valence-electron chi connectivity index (χ3n) is 3.25. The van der Waals surface area contributed by atoms with Gasteiger partial charge in [-0.2, -0.15) is 0 Å². The van der Waals surface area contributed by atoms with Crippen LogP contribution in [0.3, 0.4) is 0 Å². The Morgan fingerprint density at radius 3 is 2.46 bits per heavy atom. The highest BCUT2D eigenvalue weighted by molar-refractivity contribution is 7.80. The Kier molecular flexibility index (Phi) is 7.26. The van der Waals surface area contributed by atoms with Gasteiger partial charge in [0, 0.05) is 11.1 Å². The zero-order valence-corrected chi connectivity index (χ0v) is 16.3.